The second kappa shape index (κ2) is 5.56. The van der Waals surface area contributed by atoms with Gasteiger partial charge in [0.1, 0.15) is 5.01 Å². The molecule has 0 aliphatic heterocycles. The largest absolute Gasteiger partial charge is 0.330 e. The van der Waals surface area contributed by atoms with Crippen LogP contribution < -0.4 is 5.73 Å². The maximum absolute atomic E-state index is 5.43. The van der Waals surface area contributed by atoms with Gasteiger partial charge in [0.15, 0.2) is 0 Å². The third kappa shape index (κ3) is 3.13. The molecule has 0 radical (unpaired) electrons. The highest BCUT2D eigenvalue weighted by atomic mass is 32.2. The van der Waals surface area contributed by atoms with E-state index in [1.807, 2.05) is 11.8 Å². The van der Waals surface area contributed by atoms with E-state index in [-0.39, 0.29) is 0 Å². The maximum atomic E-state index is 5.43. The predicted octanol–water partition coefficient (Wildman–Crippen LogP) is 1.90. The van der Waals surface area contributed by atoms with Gasteiger partial charge in [-0.05, 0) is 12.3 Å². The van der Waals surface area contributed by atoms with E-state index in [0.717, 1.165) is 23.6 Å². The Morgan fingerprint density at radius 1 is 1.67 bits per heavy atom. The van der Waals surface area contributed by atoms with Crippen LogP contribution in [0.15, 0.2) is 5.38 Å². The summed E-state index contributed by atoms with van der Waals surface area (Å²) in [4.78, 5) is 4.46. The molecule has 2 N–H and O–H groups in total. The Kier molecular flexibility index (Phi) is 4.65. The molecule has 0 saturated carbocycles. The highest BCUT2D eigenvalue weighted by Gasteiger charge is 1.99. The molecule has 0 atom stereocenters. The maximum Gasteiger partial charge on any atom is 0.103 e. The first-order valence-electron chi connectivity index (χ1n) is 4.08. The van der Waals surface area contributed by atoms with Gasteiger partial charge in [0.25, 0.3) is 0 Å². The zero-order valence-corrected chi connectivity index (χ0v) is 8.88. The van der Waals surface area contributed by atoms with Crippen molar-refractivity contribution in [3.63, 3.8) is 0 Å². The van der Waals surface area contributed by atoms with Crippen LogP contribution in [0.25, 0.3) is 0 Å². The van der Waals surface area contributed by atoms with Crippen molar-refractivity contribution in [3.8, 4) is 0 Å². The van der Waals surface area contributed by atoms with Crippen LogP contribution in [0.4, 0.5) is 0 Å². The Hall–Kier alpha value is -0.0600. The number of rotatable bonds is 5. The molecule has 0 spiro atoms. The molecule has 0 aromatic carbocycles. The second-order valence-corrected chi connectivity index (χ2v) is 4.63. The molecule has 0 unspecified atom stereocenters. The van der Waals surface area contributed by atoms with Gasteiger partial charge < -0.3 is 5.73 Å². The van der Waals surface area contributed by atoms with Crippen LogP contribution in [0.3, 0.4) is 0 Å². The van der Waals surface area contributed by atoms with Gasteiger partial charge in [-0.3, -0.25) is 0 Å². The van der Waals surface area contributed by atoms with E-state index >= 15 is 0 Å². The fourth-order valence-corrected chi connectivity index (χ4v) is 2.45. The van der Waals surface area contributed by atoms with Gasteiger partial charge in [-0.1, -0.05) is 6.92 Å². The SMILES string of the molecule is CCSCc1nc(CCN)cs1. The van der Waals surface area contributed by atoms with E-state index in [1.54, 1.807) is 11.3 Å². The zero-order valence-electron chi connectivity index (χ0n) is 7.25. The summed E-state index contributed by atoms with van der Waals surface area (Å²) in [5.74, 6) is 2.21. The van der Waals surface area contributed by atoms with Crippen LogP contribution in [0, 0.1) is 0 Å². The number of nitrogens with two attached hydrogens (primary N) is 1. The van der Waals surface area contributed by atoms with Crippen molar-refractivity contribution in [2.24, 2.45) is 5.73 Å². The zero-order chi connectivity index (χ0) is 8.81. The summed E-state index contributed by atoms with van der Waals surface area (Å²) in [6.07, 6.45) is 0.910. The summed E-state index contributed by atoms with van der Waals surface area (Å²) in [5, 5.41) is 3.34. The molecule has 1 rings (SSSR count). The molecule has 0 aliphatic carbocycles. The summed E-state index contributed by atoms with van der Waals surface area (Å²) < 4.78 is 0. The third-order valence-electron chi connectivity index (χ3n) is 1.43. The molecule has 12 heavy (non-hydrogen) atoms. The minimum Gasteiger partial charge on any atom is -0.330 e. The van der Waals surface area contributed by atoms with Crippen molar-refractivity contribution in [1.29, 1.82) is 0 Å². The van der Waals surface area contributed by atoms with Crippen LogP contribution in [0.5, 0.6) is 0 Å². The van der Waals surface area contributed by atoms with E-state index in [2.05, 4.69) is 17.3 Å². The van der Waals surface area contributed by atoms with Gasteiger partial charge >= 0.3 is 0 Å². The summed E-state index contributed by atoms with van der Waals surface area (Å²) in [7, 11) is 0. The monoisotopic (exact) mass is 202 g/mol. The number of hydrogen-bond donors (Lipinski definition) is 1. The average molecular weight is 202 g/mol. The minimum absolute atomic E-state index is 0.699. The minimum atomic E-state index is 0.699. The quantitative estimate of drug-likeness (QED) is 0.792. The summed E-state index contributed by atoms with van der Waals surface area (Å²) >= 11 is 3.65. The van der Waals surface area contributed by atoms with Gasteiger partial charge in [-0.25, -0.2) is 4.98 Å². The van der Waals surface area contributed by atoms with Crippen LogP contribution in [0.2, 0.25) is 0 Å². The van der Waals surface area contributed by atoms with Gasteiger partial charge in [-0.15, -0.1) is 11.3 Å². The Labute approximate surface area is 81.6 Å². The van der Waals surface area contributed by atoms with E-state index in [1.165, 1.54) is 5.01 Å². The van der Waals surface area contributed by atoms with Crippen LogP contribution >= 0.6 is 23.1 Å². The van der Waals surface area contributed by atoms with Crippen molar-refractivity contribution in [3.05, 3.63) is 16.1 Å². The fourth-order valence-electron chi connectivity index (χ4n) is 0.867. The first kappa shape index (κ1) is 10.0. The van der Waals surface area contributed by atoms with Crippen molar-refractivity contribution in [2.45, 2.75) is 19.1 Å². The molecule has 0 saturated heterocycles. The lowest BCUT2D eigenvalue weighted by molar-refractivity contribution is 0.928. The smallest absolute Gasteiger partial charge is 0.103 e. The molecule has 1 aromatic heterocycles. The van der Waals surface area contributed by atoms with Gasteiger partial charge in [0.2, 0.25) is 0 Å². The van der Waals surface area contributed by atoms with E-state index < -0.39 is 0 Å². The fraction of sp³-hybridized carbons (Fsp3) is 0.625. The number of hydrogen-bond acceptors (Lipinski definition) is 4. The molecule has 0 amide bonds. The van der Waals surface area contributed by atoms with Crippen LogP contribution in [0.1, 0.15) is 17.6 Å². The molecular weight excluding hydrogens is 188 g/mol. The summed E-state index contributed by atoms with van der Waals surface area (Å²) in [5.41, 5.74) is 6.58. The molecule has 1 heterocycles. The highest BCUT2D eigenvalue weighted by molar-refractivity contribution is 7.98. The van der Waals surface area contributed by atoms with Gasteiger partial charge in [0.05, 0.1) is 5.69 Å². The molecular formula is C8H14N2S2. The molecule has 4 heteroatoms. The van der Waals surface area contributed by atoms with Crippen molar-refractivity contribution < 1.29 is 0 Å². The number of thiazole rings is 1. The third-order valence-corrected chi connectivity index (χ3v) is 3.40. The molecule has 68 valence electrons. The molecule has 1 aromatic rings. The standard InChI is InChI=1S/C8H14N2S2/c1-2-11-6-8-10-7(3-4-9)5-12-8/h5H,2-4,6,9H2,1H3. The second-order valence-electron chi connectivity index (χ2n) is 2.41. The summed E-state index contributed by atoms with van der Waals surface area (Å²) in [6, 6.07) is 0. The number of thioether (sulfide) groups is 1. The topological polar surface area (TPSA) is 38.9 Å². The van der Waals surface area contributed by atoms with Crippen molar-refractivity contribution in [1.82, 2.24) is 4.98 Å². The highest BCUT2D eigenvalue weighted by Crippen LogP contribution is 2.16. The predicted molar refractivity (Wildman–Crippen MR) is 56.7 cm³/mol. The lowest BCUT2D eigenvalue weighted by Crippen LogP contribution is -2.02. The molecule has 0 aliphatic rings. The van der Waals surface area contributed by atoms with Crippen molar-refractivity contribution in [2.75, 3.05) is 12.3 Å². The normalized spacial score (nSPS) is 10.5. The Morgan fingerprint density at radius 3 is 3.17 bits per heavy atom. The summed E-state index contributed by atoms with van der Waals surface area (Å²) in [6.45, 7) is 2.86. The van der Waals surface area contributed by atoms with Crippen molar-refractivity contribution >= 4 is 23.1 Å². The van der Waals surface area contributed by atoms with Crippen LogP contribution in [-0.2, 0) is 12.2 Å². The Bertz CT molecular complexity index is 223. The molecule has 0 bridgehead atoms. The lowest BCUT2D eigenvalue weighted by atomic mass is 10.3. The van der Waals surface area contributed by atoms with E-state index in [9.17, 15) is 0 Å². The van der Waals surface area contributed by atoms with E-state index in [4.69, 9.17) is 5.73 Å². The Balaban J connectivity index is 2.41. The molecule has 2 nitrogen and oxygen atoms in total. The van der Waals surface area contributed by atoms with Gasteiger partial charge in [-0.2, -0.15) is 11.8 Å². The van der Waals surface area contributed by atoms with Gasteiger partial charge in [0, 0.05) is 17.6 Å². The first-order valence-corrected chi connectivity index (χ1v) is 6.11. The van der Waals surface area contributed by atoms with E-state index in [0.29, 0.717) is 6.54 Å². The Morgan fingerprint density at radius 2 is 2.50 bits per heavy atom. The number of nitrogens with zero attached hydrogens (tertiary/aromatic N) is 1. The average Bonchev–Trinajstić information content (AvgIpc) is 2.50. The van der Waals surface area contributed by atoms with Crippen LogP contribution in [-0.4, -0.2) is 17.3 Å². The first-order chi connectivity index (χ1) is 5.86. The number of aromatic nitrogens is 1. The lowest BCUT2D eigenvalue weighted by Gasteiger charge is -1.92. The molecule has 0 fully saturated rings.